The van der Waals surface area contributed by atoms with Gasteiger partial charge in [0.2, 0.25) is 5.91 Å². The molecule has 0 bridgehead atoms. The third-order valence-corrected chi connectivity index (χ3v) is 2.60. The summed E-state index contributed by atoms with van der Waals surface area (Å²) in [5.74, 6) is -0.872. The number of hydrogen-bond acceptors (Lipinski definition) is 3. The fourth-order valence-corrected chi connectivity index (χ4v) is 1.54. The van der Waals surface area contributed by atoms with Gasteiger partial charge >= 0.3 is 0 Å². The van der Waals surface area contributed by atoms with Crippen LogP contribution in [0.15, 0.2) is 29.2 Å². The van der Waals surface area contributed by atoms with Crippen LogP contribution in [-0.2, 0) is 4.79 Å². The molecule has 0 heterocycles. The molecular weight excluding hydrogens is 224 g/mol. The van der Waals surface area contributed by atoms with Crippen molar-refractivity contribution in [1.29, 1.82) is 0 Å². The Balaban J connectivity index is 2.80. The van der Waals surface area contributed by atoms with Gasteiger partial charge in [0.1, 0.15) is 6.04 Å². The van der Waals surface area contributed by atoms with Crippen LogP contribution in [0.25, 0.3) is 0 Å². The summed E-state index contributed by atoms with van der Waals surface area (Å²) in [6.07, 6.45) is 0.468. The molecule has 5 heteroatoms. The van der Waals surface area contributed by atoms with Crippen LogP contribution in [0.4, 0.5) is 0 Å². The minimum Gasteiger partial charge on any atom is -0.368 e. The van der Waals surface area contributed by atoms with Crippen LogP contribution >= 0.6 is 12.6 Å². The molecule has 0 aliphatic heterocycles. The minimum atomic E-state index is -0.638. The molecule has 86 valence electrons. The Hall–Kier alpha value is -1.49. The molecule has 0 unspecified atom stereocenters. The highest BCUT2D eigenvalue weighted by Gasteiger charge is 2.17. The van der Waals surface area contributed by atoms with E-state index in [-0.39, 0.29) is 5.91 Å². The van der Waals surface area contributed by atoms with Gasteiger partial charge in [-0.1, -0.05) is 19.1 Å². The lowest BCUT2D eigenvalue weighted by atomic mass is 10.1. The third-order valence-electron chi connectivity index (χ3n) is 2.21. The SMILES string of the molecule is CC[C@H](NC(=O)c1ccccc1S)C(N)=O. The standard InChI is InChI=1S/C11H14N2O2S/c1-2-8(10(12)14)13-11(15)7-5-3-4-6-9(7)16/h3-6,8,16H,2H2,1H3,(H2,12,14)(H,13,15)/t8-/m0/s1. The maximum atomic E-state index is 11.8. The van der Waals surface area contributed by atoms with E-state index >= 15 is 0 Å². The fourth-order valence-electron chi connectivity index (χ4n) is 1.28. The zero-order valence-electron chi connectivity index (χ0n) is 8.93. The summed E-state index contributed by atoms with van der Waals surface area (Å²) in [5, 5.41) is 2.56. The monoisotopic (exact) mass is 238 g/mol. The molecule has 0 spiro atoms. The van der Waals surface area contributed by atoms with Crippen molar-refractivity contribution in [1.82, 2.24) is 5.32 Å². The quantitative estimate of drug-likeness (QED) is 0.684. The number of benzene rings is 1. The van der Waals surface area contributed by atoms with Gasteiger partial charge in [0.15, 0.2) is 0 Å². The van der Waals surface area contributed by atoms with E-state index in [4.69, 9.17) is 5.73 Å². The Labute approximate surface area is 99.6 Å². The van der Waals surface area contributed by atoms with E-state index in [1.807, 2.05) is 0 Å². The molecule has 0 aliphatic carbocycles. The molecule has 0 saturated carbocycles. The molecule has 1 atom stereocenters. The summed E-state index contributed by atoms with van der Waals surface area (Å²) >= 11 is 4.16. The molecule has 3 N–H and O–H groups in total. The third kappa shape index (κ3) is 3.00. The number of rotatable bonds is 4. The molecule has 2 amide bonds. The number of carbonyl (C=O) groups is 2. The first-order valence-electron chi connectivity index (χ1n) is 4.94. The van der Waals surface area contributed by atoms with Crippen molar-refractivity contribution in [2.75, 3.05) is 0 Å². The Bertz CT molecular complexity index is 407. The second kappa shape index (κ2) is 5.55. The van der Waals surface area contributed by atoms with Gasteiger partial charge in [-0.15, -0.1) is 12.6 Å². The number of thiol groups is 1. The largest absolute Gasteiger partial charge is 0.368 e. The van der Waals surface area contributed by atoms with E-state index in [9.17, 15) is 9.59 Å². The first-order chi connectivity index (χ1) is 7.56. The number of nitrogens with two attached hydrogens (primary N) is 1. The maximum Gasteiger partial charge on any atom is 0.253 e. The lowest BCUT2D eigenvalue weighted by Gasteiger charge is -2.13. The fraction of sp³-hybridized carbons (Fsp3) is 0.273. The van der Waals surface area contributed by atoms with Gasteiger partial charge in [-0.05, 0) is 18.6 Å². The van der Waals surface area contributed by atoms with Gasteiger partial charge in [-0.25, -0.2) is 0 Å². The van der Waals surface area contributed by atoms with Gasteiger partial charge in [0, 0.05) is 4.90 Å². The molecule has 0 fully saturated rings. The van der Waals surface area contributed by atoms with Gasteiger partial charge in [0.05, 0.1) is 5.56 Å². The molecule has 1 aromatic carbocycles. The van der Waals surface area contributed by atoms with E-state index in [1.165, 1.54) is 0 Å². The molecule has 4 nitrogen and oxygen atoms in total. The van der Waals surface area contributed by atoms with Crippen LogP contribution < -0.4 is 11.1 Å². The van der Waals surface area contributed by atoms with Crippen LogP contribution in [-0.4, -0.2) is 17.9 Å². The summed E-state index contributed by atoms with van der Waals surface area (Å²) in [7, 11) is 0. The topological polar surface area (TPSA) is 72.2 Å². The predicted octanol–water partition coefficient (Wildman–Crippen LogP) is 0.969. The van der Waals surface area contributed by atoms with E-state index in [0.29, 0.717) is 16.9 Å². The number of primary amides is 1. The first kappa shape index (κ1) is 12.6. The zero-order chi connectivity index (χ0) is 12.1. The summed E-state index contributed by atoms with van der Waals surface area (Å²) in [4.78, 5) is 23.3. The van der Waals surface area contributed by atoms with E-state index in [0.717, 1.165) is 0 Å². The molecule has 1 aromatic rings. The Kier molecular flexibility index (Phi) is 4.37. The van der Waals surface area contributed by atoms with Gasteiger partial charge in [-0.2, -0.15) is 0 Å². The molecule has 0 saturated heterocycles. The van der Waals surface area contributed by atoms with Crippen molar-refractivity contribution in [2.45, 2.75) is 24.3 Å². The lowest BCUT2D eigenvalue weighted by Crippen LogP contribution is -2.44. The van der Waals surface area contributed by atoms with Crippen molar-refractivity contribution in [3.63, 3.8) is 0 Å². The van der Waals surface area contributed by atoms with E-state index in [1.54, 1.807) is 31.2 Å². The second-order valence-electron chi connectivity index (χ2n) is 3.35. The van der Waals surface area contributed by atoms with Gasteiger partial charge < -0.3 is 11.1 Å². The molecule has 1 rings (SSSR count). The molecule has 0 aromatic heterocycles. The molecule has 0 aliphatic rings. The predicted molar refractivity (Wildman–Crippen MR) is 64.4 cm³/mol. The second-order valence-corrected chi connectivity index (χ2v) is 3.84. The van der Waals surface area contributed by atoms with Crippen molar-refractivity contribution in [3.8, 4) is 0 Å². The molecule has 0 radical (unpaired) electrons. The van der Waals surface area contributed by atoms with Crippen LogP contribution in [0, 0.1) is 0 Å². The molecular formula is C11H14N2O2S. The normalized spacial score (nSPS) is 11.9. The number of carbonyl (C=O) groups excluding carboxylic acids is 2. The highest BCUT2D eigenvalue weighted by atomic mass is 32.1. The van der Waals surface area contributed by atoms with Crippen molar-refractivity contribution >= 4 is 24.4 Å². The van der Waals surface area contributed by atoms with E-state index in [2.05, 4.69) is 17.9 Å². The van der Waals surface area contributed by atoms with Crippen LogP contribution in [0.5, 0.6) is 0 Å². The Morgan fingerprint density at radius 1 is 1.44 bits per heavy atom. The van der Waals surface area contributed by atoms with Crippen molar-refractivity contribution in [2.24, 2.45) is 5.73 Å². The summed E-state index contributed by atoms with van der Waals surface area (Å²) in [5.41, 5.74) is 5.57. The average Bonchev–Trinajstić information content (AvgIpc) is 2.25. The summed E-state index contributed by atoms with van der Waals surface area (Å²) < 4.78 is 0. The Morgan fingerprint density at radius 3 is 2.56 bits per heavy atom. The summed E-state index contributed by atoms with van der Waals surface area (Å²) in [6, 6.07) is 6.24. The van der Waals surface area contributed by atoms with Crippen molar-refractivity contribution < 1.29 is 9.59 Å². The van der Waals surface area contributed by atoms with Gasteiger partial charge in [0.25, 0.3) is 5.91 Å². The molecule has 16 heavy (non-hydrogen) atoms. The summed E-state index contributed by atoms with van der Waals surface area (Å²) in [6.45, 7) is 1.78. The number of amides is 2. The maximum absolute atomic E-state index is 11.8. The van der Waals surface area contributed by atoms with Crippen LogP contribution in [0.3, 0.4) is 0 Å². The lowest BCUT2D eigenvalue weighted by molar-refractivity contribution is -0.119. The first-order valence-corrected chi connectivity index (χ1v) is 5.39. The average molecular weight is 238 g/mol. The van der Waals surface area contributed by atoms with Crippen molar-refractivity contribution in [3.05, 3.63) is 29.8 Å². The van der Waals surface area contributed by atoms with Crippen LogP contribution in [0.2, 0.25) is 0 Å². The minimum absolute atomic E-state index is 0.337. The number of nitrogens with one attached hydrogen (secondary N) is 1. The Morgan fingerprint density at radius 2 is 2.06 bits per heavy atom. The highest BCUT2D eigenvalue weighted by Crippen LogP contribution is 2.12. The number of hydrogen-bond donors (Lipinski definition) is 3. The highest BCUT2D eigenvalue weighted by molar-refractivity contribution is 7.80. The van der Waals surface area contributed by atoms with E-state index < -0.39 is 11.9 Å². The smallest absolute Gasteiger partial charge is 0.253 e. The van der Waals surface area contributed by atoms with Crippen LogP contribution in [0.1, 0.15) is 23.7 Å². The zero-order valence-corrected chi connectivity index (χ0v) is 9.83. The van der Waals surface area contributed by atoms with Gasteiger partial charge in [-0.3, -0.25) is 9.59 Å².